The number of carboxylic acid groups (broad SMARTS) is 1. The minimum Gasteiger partial charge on any atom is -0.481 e. The third kappa shape index (κ3) is 43.3. The fourth-order valence-electron chi connectivity index (χ4n) is 7.09. The van der Waals surface area contributed by atoms with Crippen molar-refractivity contribution < 1.29 is 92.6 Å². The van der Waals surface area contributed by atoms with Gasteiger partial charge in [-0.05, 0) is 165 Å². The average Bonchev–Trinajstić information content (AvgIpc) is 3.41. The molecule has 3 aromatic rings. The summed E-state index contributed by atoms with van der Waals surface area (Å²) in [6.07, 6.45) is 7.88. The van der Waals surface area contributed by atoms with Gasteiger partial charge in [-0.3, -0.25) is 37.0 Å². The van der Waals surface area contributed by atoms with Crippen LogP contribution < -0.4 is 16.4 Å². The molecular weight excluding hydrogens is 1300 g/mol. The Labute approximate surface area is 514 Å². The minimum absolute atomic E-state index is 0. The molecule has 80 heavy (non-hydrogen) atoms. The summed E-state index contributed by atoms with van der Waals surface area (Å²) >= 11 is 5.25. The maximum Gasteiger partial charge on any atom is 0.474 e. The van der Waals surface area contributed by atoms with E-state index in [2.05, 4.69) is 106 Å². The smallest absolute Gasteiger partial charge is 0.474 e. The monoisotopic (exact) mass is 1410 g/mol. The number of aliphatic carboxylic acids is 1. The van der Waals surface area contributed by atoms with E-state index < -0.39 is 26.7 Å². The maximum atomic E-state index is 12.3. The Hall–Kier alpha value is -2.38. The Morgan fingerprint density at radius 3 is 1.12 bits per heavy atom. The molecule has 456 valence electrons. The molecule has 0 aliphatic rings. The largest absolute Gasteiger partial charge is 0.481 e. The van der Waals surface area contributed by atoms with Gasteiger partial charge >= 0.3 is 20.7 Å². The maximum absolute atomic E-state index is 12.3. The summed E-state index contributed by atoms with van der Waals surface area (Å²) in [4.78, 5) is 35.1. The van der Waals surface area contributed by atoms with E-state index in [1.54, 1.807) is 34.6 Å². The van der Waals surface area contributed by atoms with Gasteiger partial charge in [-0.25, -0.2) is 9.13 Å². The fraction of sp³-hybridized carbons (Fsp3) is 0.644. The molecular formula is C59H103BClN3O13P2U. The van der Waals surface area contributed by atoms with Crippen molar-refractivity contribution in [1.29, 1.82) is 1.34 Å². The van der Waals surface area contributed by atoms with Crippen molar-refractivity contribution in [3.63, 3.8) is 0 Å². The predicted molar refractivity (Wildman–Crippen MR) is 325 cm³/mol. The van der Waals surface area contributed by atoms with Gasteiger partial charge < -0.3 is 31.7 Å². The molecule has 2 radical (unpaired) electrons. The summed E-state index contributed by atoms with van der Waals surface area (Å²) in [6, 6.07) is 24.5. The van der Waals surface area contributed by atoms with Crippen LogP contribution in [0.15, 0.2) is 72.8 Å². The van der Waals surface area contributed by atoms with Crippen molar-refractivity contribution in [2.24, 2.45) is 23.5 Å². The van der Waals surface area contributed by atoms with Crippen LogP contribution in [0.25, 0.3) is 0 Å². The molecule has 3 unspecified atom stereocenters. The van der Waals surface area contributed by atoms with Crippen LogP contribution in [-0.4, -0.2) is 109 Å². The van der Waals surface area contributed by atoms with E-state index in [0.29, 0.717) is 57.0 Å². The summed E-state index contributed by atoms with van der Waals surface area (Å²) in [6.45, 7) is 26.1. The average molecular weight is 1410 g/mol. The molecule has 0 aliphatic heterocycles. The van der Waals surface area contributed by atoms with Crippen LogP contribution in [0.3, 0.4) is 0 Å². The van der Waals surface area contributed by atoms with Gasteiger partial charge in [0.15, 0.2) is 0 Å². The first kappa shape index (κ1) is 81.8. The number of phosphoric ester groups is 1. The molecule has 3 aromatic carbocycles. The molecule has 16 nitrogen and oxygen atoms in total. The van der Waals surface area contributed by atoms with Gasteiger partial charge in [-0.2, -0.15) is 0 Å². The zero-order chi connectivity index (χ0) is 61.5. The van der Waals surface area contributed by atoms with Crippen molar-refractivity contribution in [3.8, 4) is 0 Å². The molecule has 3 rings (SSSR count). The van der Waals surface area contributed by atoms with E-state index in [1.807, 2.05) is 50.2 Å². The number of unbranched alkanes of at least 4 members (excludes halogenated alkanes) is 3. The van der Waals surface area contributed by atoms with Gasteiger partial charge in [-0.1, -0.05) is 114 Å². The second-order valence-corrected chi connectivity index (χ2v) is 24.1. The second kappa shape index (κ2) is 51.1. The Morgan fingerprint density at radius 2 is 0.850 bits per heavy atom. The van der Waals surface area contributed by atoms with Gasteiger partial charge in [0.2, 0.25) is 11.8 Å². The summed E-state index contributed by atoms with van der Waals surface area (Å²) < 4.78 is 52.7. The van der Waals surface area contributed by atoms with Crippen LogP contribution in [-0.2, 0) is 65.4 Å². The van der Waals surface area contributed by atoms with E-state index in [4.69, 9.17) is 47.2 Å². The van der Waals surface area contributed by atoms with E-state index in [9.17, 15) is 23.5 Å². The molecule has 0 aliphatic carbocycles. The number of phosphoric acid groups is 1. The number of carbonyl (C=O) groups excluding carboxylic acids is 2. The zero-order valence-corrected chi connectivity index (χ0v) is 57.4. The number of aliphatic hydroxyl groups is 2. The van der Waals surface area contributed by atoms with Crippen molar-refractivity contribution in [2.45, 2.75) is 166 Å². The topological polar surface area (TPSA) is 242 Å². The number of amides is 2. The number of aliphatic hydroxyl groups excluding tert-OH is 2. The van der Waals surface area contributed by atoms with Crippen LogP contribution in [0, 0.1) is 48.9 Å². The second-order valence-electron chi connectivity index (χ2n) is 19.8. The quantitative estimate of drug-likeness (QED) is 0.0189. The SMILES string of the molecule is CC(C)Cc1ccc(C(C)C(=O)NCCCCO)cc1.CC(C)Cc1ccc(C(C)C(=O)O)cc1.CCOP(=O)(Cl)OCC.CCOP(=O)(OCC)OCCCCNC(=O)C(C)c1ccc(CC(C)C)cc1.NCCCCO.[3H][B].[U]. The van der Waals surface area contributed by atoms with Gasteiger partial charge in [0.1, 0.15) is 0 Å². The third-order valence-corrected chi connectivity index (χ3v) is 14.7. The third-order valence-electron chi connectivity index (χ3n) is 11.3. The number of halogens is 1. The first-order valence-electron chi connectivity index (χ1n) is 28.6. The Bertz CT molecular complexity index is 2080. The fourth-order valence-corrected chi connectivity index (χ4v) is 9.57. The Morgan fingerprint density at radius 1 is 0.537 bits per heavy atom. The standard InChI is InChI=1S/C21H36NO5P.C17H27NO2.C13H18O2.C4H10ClO3P.C4H11NO.BH.U/c1-6-25-28(24,26-7-2)27-15-9-8-14-22-21(23)18(5)20-12-10-19(11-13-20)16-17(3)4;1-13(2)12-15-6-8-16(9-7-15)14(3)17(20)18-10-4-5-11-19;1-9(2)8-11-4-6-12(7-5-11)10(3)13(14)15;1-3-7-9(5,6)8-4-2;5-3-1-2-4-6;;/h10-13,17-18H,6-9,14-16H2,1-5H3,(H,22,23);6-9,13-14,19H,4-5,10-12H2,1-3H3,(H,18,20);4-7,9-10H,8H2,1-3H3,(H,14,15);3-4H2,1-2H3;6H,1-5H2;1H;/i;;;;;1T;. The number of nitrogens with two attached hydrogens (primary N) is 1. The number of carbonyl (C=O) groups is 3. The van der Waals surface area contributed by atoms with Gasteiger partial charge in [-0.15, -0.1) is 0 Å². The number of hydrogen-bond donors (Lipinski definition) is 6. The normalized spacial score (nSPS) is 12.1. The van der Waals surface area contributed by atoms with Crippen LogP contribution in [0.1, 0.15) is 180 Å². The minimum atomic E-state index is -3.44. The van der Waals surface area contributed by atoms with E-state index in [-0.39, 0.29) is 87.8 Å². The molecule has 0 fully saturated rings. The molecule has 0 aromatic heterocycles. The molecule has 0 spiro atoms. The van der Waals surface area contributed by atoms with Gasteiger partial charge in [0.25, 0.3) is 0 Å². The molecule has 0 saturated carbocycles. The van der Waals surface area contributed by atoms with E-state index >= 15 is 0 Å². The molecule has 0 bridgehead atoms. The molecule has 21 heteroatoms. The van der Waals surface area contributed by atoms with Crippen LogP contribution >= 0.6 is 26.0 Å². The molecule has 3 atom stereocenters. The number of benzene rings is 3. The van der Waals surface area contributed by atoms with Crippen molar-refractivity contribution in [3.05, 3.63) is 106 Å². The van der Waals surface area contributed by atoms with E-state index in [0.717, 1.165) is 68.1 Å². The molecule has 2 amide bonds. The van der Waals surface area contributed by atoms with Gasteiger partial charge in [0.05, 0.1) is 50.8 Å². The molecule has 7 N–H and O–H groups in total. The van der Waals surface area contributed by atoms with Gasteiger partial charge in [0, 0.05) is 77.0 Å². The van der Waals surface area contributed by atoms with Crippen molar-refractivity contribution in [2.75, 3.05) is 65.9 Å². The number of hydrogen-bond acceptors (Lipinski definition) is 13. The van der Waals surface area contributed by atoms with E-state index in [1.165, 1.54) is 16.7 Å². The molecule has 0 saturated heterocycles. The first-order chi connectivity index (χ1) is 37.9. The number of carboxylic acids is 1. The zero-order valence-electron chi connectivity index (χ0n) is 51.7. The van der Waals surface area contributed by atoms with Crippen LogP contribution in [0.5, 0.6) is 0 Å². The summed E-state index contributed by atoms with van der Waals surface area (Å²) in [5.41, 5.74) is 11.9. The number of rotatable bonds is 33. The van der Waals surface area contributed by atoms with Crippen molar-refractivity contribution in [1.82, 2.24) is 10.6 Å². The summed E-state index contributed by atoms with van der Waals surface area (Å²) in [5, 5.41) is 31.5. The number of nitrogens with one attached hydrogen (secondary N) is 2. The van der Waals surface area contributed by atoms with Crippen molar-refractivity contribution >= 4 is 52.2 Å². The Balaban J connectivity index is -0.000000490. The predicted octanol–water partition coefficient (Wildman–Crippen LogP) is 12.5. The molecule has 0 heterocycles. The first-order valence-corrected chi connectivity index (χ1v) is 31.9. The van der Waals surface area contributed by atoms with Crippen LogP contribution in [0.4, 0.5) is 0 Å². The summed E-state index contributed by atoms with van der Waals surface area (Å²) in [7, 11) is 0.307. The van der Waals surface area contributed by atoms with Crippen LogP contribution in [0.2, 0.25) is 0 Å². The summed E-state index contributed by atoms with van der Waals surface area (Å²) in [5.74, 6) is 0.446. The Kier molecular flexibility index (Phi) is 52.2.